The summed E-state index contributed by atoms with van der Waals surface area (Å²) >= 11 is 0. The maximum Gasteiger partial charge on any atom is 0.233 e. The summed E-state index contributed by atoms with van der Waals surface area (Å²) in [6.45, 7) is 13.3. The molecule has 1 heterocycles. The van der Waals surface area contributed by atoms with Crippen molar-refractivity contribution in [1.82, 2.24) is 10.2 Å². The van der Waals surface area contributed by atoms with Crippen molar-refractivity contribution in [2.45, 2.75) is 33.6 Å². The van der Waals surface area contributed by atoms with Gasteiger partial charge in [-0.15, -0.1) is 0 Å². The molecule has 222 valence electrons. The van der Waals surface area contributed by atoms with Crippen LogP contribution in [0, 0.1) is 11.8 Å². The first-order valence-electron chi connectivity index (χ1n) is 13.6. The van der Waals surface area contributed by atoms with Crippen LogP contribution in [0.1, 0.15) is 33.6 Å². The highest BCUT2D eigenvalue weighted by molar-refractivity contribution is 6.03. The topological polar surface area (TPSA) is 131 Å². The molecule has 1 fully saturated rings. The molecule has 1 aliphatic rings. The minimum atomic E-state index is -0.273. The summed E-state index contributed by atoms with van der Waals surface area (Å²) in [6, 6.07) is 0. The zero-order chi connectivity index (χ0) is 27.8. The molecule has 0 radical (unpaired) electrons. The average Bonchev–Trinajstić information content (AvgIpc) is 3.18. The lowest BCUT2D eigenvalue weighted by Crippen LogP contribution is -2.36. The lowest BCUT2D eigenvalue weighted by atomic mass is 9.94. The van der Waals surface area contributed by atoms with Crippen molar-refractivity contribution in [3.05, 3.63) is 0 Å². The van der Waals surface area contributed by atoms with Gasteiger partial charge in [-0.05, 0) is 12.8 Å². The molecule has 0 saturated carbocycles. The van der Waals surface area contributed by atoms with Crippen LogP contribution < -0.4 is 5.32 Å². The molecule has 1 rings (SSSR count). The Balaban J connectivity index is 1.79. The predicted octanol–water partition coefficient (Wildman–Crippen LogP) is 0.660. The monoisotopic (exact) mass is 548 g/mol. The van der Waals surface area contributed by atoms with E-state index in [-0.39, 0.29) is 48.9 Å². The summed E-state index contributed by atoms with van der Waals surface area (Å²) in [5, 5.41) is 2.73. The van der Waals surface area contributed by atoms with E-state index in [0.717, 1.165) is 0 Å². The van der Waals surface area contributed by atoms with Gasteiger partial charge in [-0.1, -0.05) is 13.8 Å². The largest absolute Gasteiger partial charge is 0.379 e. The minimum Gasteiger partial charge on any atom is -0.379 e. The van der Waals surface area contributed by atoms with Crippen molar-refractivity contribution in [3.8, 4) is 0 Å². The highest BCUT2D eigenvalue weighted by Gasteiger charge is 2.39. The SMILES string of the molecule is CCOCCOCCOCCOCCOCCOCCOCCNC(=O)CCN1C(=O)CC(C(C)C)C1=O. The Morgan fingerprint density at radius 1 is 0.763 bits per heavy atom. The van der Waals surface area contributed by atoms with Crippen LogP contribution in [0.15, 0.2) is 0 Å². The van der Waals surface area contributed by atoms with E-state index in [0.29, 0.717) is 99.0 Å². The van der Waals surface area contributed by atoms with Gasteiger partial charge >= 0.3 is 0 Å². The molecule has 12 nitrogen and oxygen atoms in total. The molecule has 0 spiro atoms. The predicted molar refractivity (Wildman–Crippen MR) is 139 cm³/mol. The summed E-state index contributed by atoms with van der Waals surface area (Å²) in [5.41, 5.74) is 0. The Labute approximate surface area is 226 Å². The number of carbonyl (C=O) groups is 3. The van der Waals surface area contributed by atoms with Crippen molar-refractivity contribution < 1.29 is 47.5 Å². The maximum absolute atomic E-state index is 12.2. The van der Waals surface area contributed by atoms with Crippen LogP contribution in [0.25, 0.3) is 0 Å². The number of rotatable bonds is 26. The van der Waals surface area contributed by atoms with Gasteiger partial charge in [0.25, 0.3) is 0 Å². The van der Waals surface area contributed by atoms with E-state index in [9.17, 15) is 14.4 Å². The standard InChI is InChI=1S/C26H48N2O10/c1-4-32-9-10-34-13-14-36-17-18-38-20-19-37-16-15-35-12-11-33-8-6-27-24(29)5-7-28-25(30)21-23(22(2)3)26(28)31/h22-23H,4-21H2,1-3H3,(H,27,29). The highest BCUT2D eigenvalue weighted by atomic mass is 16.6. The Morgan fingerprint density at radius 2 is 1.18 bits per heavy atom. The van der Waals surface area contributed by atoms with Crippen molar-refractivity contribution in [2.24, 2.45) is 11.8 Å². The number of carbonyl (C=O) groups excluding carboxylic acids is 3. The van der Waals surface area contributed by atoms with Gasteiger partial charge < -0.3 is 38.5 Å². The number of nitrogens with zero attached hydrogens (tertiary/aromatic N) is 1. The van der Waals surface area contributed by atoms with E-state index in [4.69, 9.17) is 33.2 Å². The molecular weight excluding hydrogens is 500 g/mol. The molecule has 38 heavy (non-hydrogen) atoms. The van der Waals surface area contributed by atoms with Crippen LogP contribution in [-0.2, 0) is 47.5 Å². The molecule has 1 saturated heterocycles. The molecule has 1 N–H and O–H groups in total. The zero-order valence-electron chi connectivity index (χ0n) is 23.4. The fourth-order valence-corrected chi connectivity index (χ4v) is 3.49. The number of likely N-dealkylation sites (tertiary alicyclic amines) is 1. The molecule has 12 heteroatoms. The van der Waals surface area contributed by atoms with E-state index in [1.54, 1.807) is 0 Å². The third-order valence-corrected chi connectivity index (χ3v) is 5.65. The second kappa shape index (κ2) is 23.2. The van der Waals surface area contributed by atoms with Gasteiger partial charge in [0.2, 0.25) is 17.7 Å². The number of imide groups is 1. The van der Waals surface area contributed by atoms with Gasteiger partial charge in [0.15, 0.2) is 0 Å². The van der Waals surface area contributed by atoms with Crippen molar-refractivity contribution in [2.75, 3.05) is 106 Å². The van der Waals surface area contributed by atoms with Gasteiger partial charge in [0.1, 0.15) is 0 Å². The molecule has 3 amide bonds. The van der Waals surface area contributed by atoms with Gasteiger partial charge in [0, 0.05) is 38.5 Å². The van der Waals surface area contributed by atoms with Gasteiger partial charge in [0.05, 0.1) is 85.9 Å². The summed E-state index contributed by atoms with van der Waals surface area (Å²) in [6.07, 6.45) is 0.327. The molecule has 0 aromatic rings. The second-order valence-corrected chi connectivity index (χ2v) is 8.91. The Hall–Kier alpha value is -1.67. The third kappa shape index (κ3) is 17.0. The average molecular weight is 549 g/mol. The Bertz CT molecular complexity index is 635. The van der Waals surface area contributed by atoms with E-state index in [2.05, 4.69) is 5.32 Å². The van der Waals surface area contributed by atoms with Crippen molar-refractivity contribution in [3.63, 3.8) is 0 Å². The quantitative estimate of drug-likeness (QED) is 0.121. The highest BCUT2D eigenvalue weighted by Crippen LogP contribution is 2.26. The molecule has 1 atom stereocenters. The molecule has 1 unspecified atom stereocenters. The molecule has 0 aromatic heterocycles. The van der Waals surface area contributed by atoms with Crippen LogP contribution in [0.2, 0.25) is 0 Å². The van der Waals surface area contributed by atoms with Crippen LogP contribution in [0.4, 0.5) is 0 Å². The fourth-order valence-electron chi connectivity index (χ4n) is 3.49. The van der Waals surface area contributed by atoms with Gasteiger partial charge in [-0.3, -0.25) is 19.3 Å². The smallest absolute Gasteiger partial charge is 0.233 e. The van der Waals surface area contributed by atoms with Crippen LogP contribution >= 0.6 is 0 Å². The van der Waals surface area contributed by atoms with Crippen molar-refractivity contribution >= 4 is 17.7 Å². The van der Waals surface area contributed by atoms with E-state index < -0.39 is 0 Å². The zero-order valence-corrected chi connectivity index (χ0v) is 23.4. The van der Waals surface area contributed by atoms with E-state index >= 15 is 0 Å². The van der Waals surface area contributed by atoms with Gasteiger partial charge in [-0.25, -0.2) is 0 Å². The lowest BCUT2D eigenvalue weighted by Gasteiger charge is -2.16. The molecule has 0 aromatic carbocycles. The summed E-state index contributed by atoms with van der Waals surface area (Å²) in [4.78, 5) is 37.4. The Kier molecular flexibility index (Phi) is 21.0. The minimum absolute atomic E-state index is 0.0927. The number of hydrogen-bond donors (Lipinski definition) is 1. The molecule has 0 bridgehead atoms. The van der Waals surface area contributed by atoms with Crippen molar-refractivity contribution in [1.29, 1.82) is 0 Å². The van der Waals surface area contributed by atoms with E-state index in [1.165, 1.54) is 4.90 Å². The number of amides is 3. The first-order chi connectivity index (χ1) is 18.5. The molecule has 1 aliphatic heterocycles. The summed E-state index contributed by atoms with van der Waals surface area (Å²) < 4.78 is 37.6. The van der Waals surface area contributed by atoms with Crippen LogP contribution in [0.5, 0.6) is 0 Å². The Morgan fingerprint density at radius 3 is 1.58 bits per heavy atom. The third-order valence-electron chi connectivity index (χ3n) is 5.65. The number of nitrogens with one attached hydrogen (secondary N) is 1. The summed E-state index contributed by atoms with van der Waals surface area (Å²) in [7, 11) is 0. The van der Waals surface area contributed by atoms with Crippen LogP contribution in [0.3, 0.4) is 0 Å². The lowest BCUT2D eigenvalue weighted by molar-refractivity contribution is -0.140. The van der Waals surface area contributed by atoms with Gasteiger partial charge in [-0.2, -0.15) is 0 Å². The number of hydrogen-bond acceptors (Lipinski definition) is 10. The second-order valence-electron chi connectivity index (χ2n) is 8.91. The van der Waals surface area contributed by atoms with E-state index in [1.807, 2.05) is 20.8 Å². The first-order valence-corrected chi connectivity index (χ1v) is 13.6. The first kappa shape index (κ1) is 34.4. The normalized spacial score (nSPS) is 15.7. The van der Waals surface area contributed by atoms with Crippen LogP contribution in [-0.4, -0.2) is 128 Å². The fraction of sp³-hybridized carbons (Fsp3) is 0.885. The molecular formula is C26H48N2O10. The molecule has 0 aliphatic carbocycles. The maximum atomic E-state index is 12.2. The summed E-state index contributed by atoms with van der Waals surface area (Å²) in [5.74, 6) is -0.747. The number of ether oxygens (including phenoxy) is 7.